The average Bonchev–Trinajstić information content (AvgIpc) is 2.68. The van der Waals surface area contributed by atoms with Crippen LogP contribution < -0.4 is 10.0 Å². The summed E-state index contributed by atoms with van der Waals surface area (Å²) < 4.78 is 73.6. The predicted molar refractivity (Wildman–Crippen MR) is 102 cm³/mol. The highest BCUT2D eigenvalue weighted by atomic mass is 32.2. The van der Waals surface area contributed by atoms with Crippen LogP contribution in [-0.4, -0.2) is 45.4 Å². The Morgan fingerprint density at radius 2 is 1.72 bits per heavy atom. The van der Waals surface area contributed by atoms with Crippen LogP contribution in [-0.2, 0) is 20.9 Å². The lowest BCUT2D eigenvalue weighted by molar-refractivity contribution is -0.139. The molecule has 1 aromatic carbocycles. The van der Waals surface area contributed by atoms with Gasteiger partial charge in [0.05, 0.1) is 16.6 Å². The Morgan fingerprint density at radius 3 is 2.34 bits per heavy atom. The average molecular weight is 436 g/mol. The molecule has 0 radical (unpaired) electrons. The Bertz CT molecular complexity index is 787. The molecule has 6 nitrogen and oxygen atoms in total. The van der Waals surface area contributed by atoms with E-state index >= 15 is 0 Å². The second-order valence-corrected chi connectivity index (χ2v) is 9.50. The molecule has 0 aromatic heterocycles. The van der Waals surface area contributed by atoms with E-state index in [1.165, 1.54) is 6.07 Å². The SMILES string of the molecule is O=S(=O)(NCC1CCOCC1)c1ccc(NC2CCC(O)CC2)cc1C(F)(F)F. The number of hydrogen-bond donors (Lipinski definition) is 3. The number of sulfonamides is 1. The Kier molecular flexibility index (Phi) is 7.08. The zero-order chi connectivity index (χ0) is 21.1. The molecular formula is C19H27F3N2O4S. The van der Waals surface area contributed by atoms with Crippen LogP contribution in [0.15, 0.2) is 23.1 Å². The van der Waals surface area contributed by atoms with Gasteiger partial charge in [-0.15, -0.1) is 0 Å². The molecule has 1 aliphatic carbocycles. The second kappa shape index (κ2) is 9.20. The van der Waals surface area contributed by atoms with Crippen molar-refractivity contribution in [2.24, 2.45) is 5.92 Å². The van der Waals surface area contributed by atoms with Gasteiger partial charge in [-0.1, -0.05) is 0 Å². The first-order chi connectivity index (χ1) is 13.6. The lowest BCUT2D eigenvalue weighted by Gasteiger charge is -2.27. The third-order valence-corrected chi connectivity index (χ3v) is 7.03. The highest BCUT2D eigenvalue weighted by Crippen LogP contribution is 2.36. The van der Waals surface area contributed by atoms with Crippen molar-refractivity contribution >= 4 is 15.7 Å². The Balaban J connectivity index is 1.76. The van der Waals surface area contributed by atoms with Crippen molar-refractivity contribution in [3.8, 4) is 0 Å². The third-order valence-electron chi connectivity index (χ3n) is 5.54. The molecule has 2 fully saturated rings. The number of anilines is 1. The van der Waals surface area contributed by atoms with Gasteiger partial charge in [0.2, 0.25) is 10.0 Å². The molecule has 1 aromatic rings. The molecule has 10 heteroatoms. The van der Waals surface area contributed by atoms with Crippen molar-refractivity contribution in [1.82, 2.24) is 4.72 Å². The van der Waals surface area contributed by atoms with Crippen molar-refractivity contribution in [1.29, 1.82) is 0 Å². The van der Waals surface area contributed by atoms with Gasteiger partial charge in [-0.2, -0.15) is 13.2 Å². The molecule has 0 bridgehead atoms. The number of rotatable bonds is 6. The first-order valence-corrected chi connectivity index (χ1v) is 11.4. The number of aliphatic hydroxyl groups excluding tert-OH is 1. The minimum atomic E-state index is -4.80. The van der Waals surface area contributed by atoms with E-state index in [4.69, 9.17) is 4.74 Å². The first kappa shape index (κ1) is 22.3. The minimum absolute atomic E-state index is 0.0476. The van der Waals surface area contributed by atoms with Gasteiger partial charge in [-0.05, 0) is 62.6 Å². The summed E-state index contributed by atoms with van der Waals surface area (Å²) in [6.45, 7) is 1.14. The van der Waals surface area contributed by atoms with Crippen molar-refractivity contribution in [3.05, 3.63) is 23.8 Å². The number of halogens is 3. The number of ether oxygens (including phenoxy) is 1. The fourth-order valence-electron chi connectivity index (χ4n) is 3.79. The van der Waals surface area contributed by atoms with Crippen molar-refractivity contribution < 1.29 is 31.4 Å². The predicted octanol–water partition coefficient (Wildman–Crippen LogP) is 3.13. The molecule has 3 N–H and O–H groups in total. The fourth-order valence-corrected chi connectivity index (χ4v) is 5.11. The maximum Gasteiger partial charge on any atom is 0.417 e. The van der Waals surface area contributed by atoms with E-state index in [0.717, 1.165) is 12.1 Å². The molecule has 3 rings (SSSR count). The van der Waals surface area contributed by atoms with E-state index in [1.807, 2.05) is 0 Å². The molecule has 0 atom stereocenters. The molecule has 0 amide bonds. The van der Waals surface area contributed by atoms with E-state index in [-0.39, 0.29) is 30.3 Å². The highest BCUT2D eigenvalue weighted by molar-refractivity contribution is 7.89. The molecule has 1 saturated heterocycles. The van der Waals surface area contributed by atoms with Crippen LogP contribution in [0.25, 0.3) is 0 Å². The van der Waals surface area contributed by atoms with Crippen molar-refractivity contribution in [2.75, 3.05) is 25.1 Å². The number of alkyl halides is 3. The first-order valence-electron chi connectivity index (χ1n) is 9.88. The van der Waals surface area contributed by atoms with Gasteiger partial charge >= 0.3 is 6.18 Å². The van der Waals surface area contributed by atoms with Gasteiger partial charge in [0.1, 0.15) is 0 Å². The Hall–Kier alpha value is -1.36. The summed E-state index contributed by atoms with van der Waals surface area (Å²) in [5.41, 5.74) is -0.958. The standard InChI is InChI=1S/C19H27F3N2O4S/c20-19(21,22)17-11-15(24-14-1-4-16(25)5-2-14)3-6-18(17)29(26,27)23-12-13-7-9-28-10-8-13/h3,6,11,13-14,16,23-25H,1-2,4-5,7-10,12H2. The maximum atomic E-state index is 13.6. The van der Waals surface area contributed by atoms with Crippen LogP contribution in [0, 0.1) is 5.92 Å². The summed E-state index contributed by atoms with van der Waals surface area (Å²) in [5, 5.41) is 12.6. The van der Waals surface area contributed by atoms with Crippen LogP contribution in [0.4, 0.5) is 18.9 Å². The lowest BCUT2D eigenvalue weighted by atomic mass is 9.93. The Morgan fingerprint density at radius 1 is 1.07 bits per heavy atom. The monoisotopic (exact) mass is 436 g/mol. The van der Waals surface area contributed by atoms with Crippen LogP contribution in [0.2, 0.25) is 0 Å². The fraction of sp³-hybridized carbons (Fsp3) is 0.684. The van der Waals surface area contributed by atoms with E-state index in [9.17, 15) is 26.7 Å². The van der Waals surface area contributed by atoms with Crippen LogP contribution in [0.1, 0.15) is 44.1 Å². The normalized spacial score (nSPS) is 24.4. The second-order valence-electron chi connectivity index (χ2n) is 7.77. The number of aliphatic hydroxyl groups is 1. The van der Waals surface area contributed by atoms with Gasteiger partial charge in [0.15, 0.2) is 0 Å². The van der Waals surface area contributed by atoms with Gasteiger partial charge in [-0.25, -0.2) is 13.1 Å². The van der Waals surface area contributed by atoms with E-state index in [0.29, 0.717) is 51.7 Å². The van der Waals surface area contributed by atoms with E-state index in [2.05, 4.69) is 10.0 Å². The number of benzene rings is 1. The zero-order valence-electron chi connectivity index (χ0n) is 16.0. The molecule has 2 aliphatic rings. The van der Waals surface area contributed by atoms with Crippen LogP contribution in [0.5, 0.6) is 0 Å². The minimum Gasteiger partial charge on any atom is -0.393 e. The maximum absolute atomic E-state index is 13.6. The van der Waals surface area contributed by atoms with E-state index < -0.39 is 26.7 Å². The highest BCUT2D eigenvalue weighted by Gasteiger charge is 2.38. The summed E-state index contributed by atoms with van der Waals surface area (Å²) >= 11 is 0. The smallest absolute Gasteiger partial charge is 0.393 e. The largest absolute Gasteiger partial charge is 0.417 e. The molecule has 29 heavy (non-hydrogen) atoms. The van der Waals surface area contributed by atoms with Gasteiger partial charge < -0.3 is 15.2 Å². The van der Waals surface area contributed by atoms with Crippen LogP contribution >= 0.6 is 0 Å². The zero-order valence-corrected chi connectivity index (χ0v) is 16.9. The molecule has 0 unspecified atom stereocenters. The molecule has 0 spiro atoms. The summed E-state index contributed by atoms with van der Waals surface area (Å²) in [7, 11) is -4.30. The summed E-state index contributed by atoms with van der Waals surface area (Å²) in [6.07, 6.45) is -1.35. The van der Waals surface area contributed by atoms with Crippen molar-refractivity contribution in [2.45, 2.75) is 61.7 Å². The molecule has 1 heterocycles. The van der Waals surface area contributed by atoms with Gasteiger partial charge in [0, 0.05) is 31.5 Å². The quantitative estimate of drug-likeness (QED) is 0.638. The van der Waals surface area contributed by atoms with E-state index in [1.54, 1.807) is 0 Å². The summed E-state index contributed by atoms with van der Waals surface area (Å²) in [6, 6.07) is 3.18. The molecule has 1 aliphatic heterocycles. The summed E-state index contributed by atoms with van der Waals surface area (Å²) in [5.74, 6) is 0.0513. The van der Waals surface area contributed by atoms with Crippen molar-refractivity contribution in [3.63, 3.8) is 0 Å². The Labute approximate surface area is 168 Å². The third kappa shape index (κ3) is 6.07. The number of hydrogen-bond acceptors (Lipinski definition) is 5. The lowest BCUT2D eigenvalue weighted by Crippen LogP contribution is -2.33. The molecule has 1 saturated carbocycles. The topological polar surface area (TPSA) is 87.7 Å². The number of nitrogens with one attached hydrogen (secondary N) is 2. The van der Waals surface area contributed by atoms with Gasteiger partial charge in [0.25, 0.3) is 0 Å². The summed E-state index contributed by atoms with van der Waals surface area (Å²) in [4.78, 5) is -0.762. The molecular weight excluding hydrogens is 409 g/mol. The molecule has 164 valence electrons. The van der Waals surface area contributed by atoms with Gasteiger partial charge in [-0.3, -0.25) is 0 Å². The van der Waals surface area contributed by atoms with Crippen LogP contribution in [0.3, 0.4) is 0 Å².